The van der Waals surface area contributed by atoms with Crippen molar-refractivity contribution in [2.75, 3.05) is 0 Å². The second-order valence-corrected chi connectivity index (χ2v) is 5.70. The normalized spacial score (nSPS) is 10.6. The molecule has 0 N–H and O–H groups in total. The average molecular weight is 314 g/mol. The Morgan fingerprint density at radius 3 is 2.26 bits per heavy atom. The van der Waals surface area contributed by atoms with E-state index in [1.54, 1.807) is 18.2 Å². The van der Waals surface area contributed by atoms with E-state index in [0.717, 1.165) is 37.7 Å². The second kappa shape index (κ2) is 8.47. The Morgan fingerprint density at radius 1 is 0.957 bits per heavy atom. The monoisotopic (exact) mass is 314 g/mol. The van der Waals surface area contributed by atoms with Crippen molar-refractivity contribution >= 4 is 5.97 Å². The lowest BCUT2D eigenvalue weighted by Crippen LogP contribution is -2.09. The lowest BCUT2D eigenvalue weighted by molar-refractivity contribution is 0.0728. The van der Waals surface area contributed by atoms with Gasteiger partial charge in [0.15, 0.2) is 11.6 Å². The van der Waals surface area contributed by atoms with Crippen LogP contribution in [0.25, 0.3) is 0 Å². The van der Waals surface area contributed by atoms with Gasteiger partial charge < -0.3 is 4.74 Å². The molecule has 0 unspecified atom stereocenters. The van der Waals surface area contributed by atoms with Gasteiger partial charge in [0, 0.05) is 0 Å². The third-order valence-corrected chi connectivity index (χ3v) is 3.75. The molecular weight excluding hydrogens is 291 g/mol. The Labute approximate surface area is 137 Å². The number of carbonyl (C=O) groups excluding carboxylic acids is 1. The molecule has 0 radical (unpaired) electrons. The van der Waals surface area contributed by atoms with Crippen LogP contribution in [0.1, 0.15) is 54.6 Å². The molecule has 2 rings (SSSR count). The molecule has 0 aliphatic carbocycles. The average Bonchev–Trinajstić information content (AvgIpc) is 2.56. The van der Waals surface area contributed by atoms with Crippen molar-refractivity contribution in [1.82, 2.24) is 0 Å². The van der Waals surface area contributed by atoms with E-state index < -0.39 is 11.8 Å². The maximum absolute atomic E-state index is 14.0. The van der Waals surface area contributed by atoms with Gasteiger partial charge in [-0.3, -0.25) is 0 Å². The largest absolute Gasteiger partial charge is 0.420 e. The summed E-state index contributed by atoms with van der Waals surface area (Å²) < 4.78 is 19.1. The van der Waals surface area contributed by atoms with E-state index in [1.165, 1.54) is 17.7 Å². The first-order chi connectivity index (χ1) is 11.1. The van der Waals surface area contributed by atoms with E-state index >= 15 is 0 Å². The molecule has 0 spiro atoms. The van der Waals surface area contributed by atoms with Gasteiger partial charge in [0.25, 0.3) is 0 Å². The van der Waals surface area contributed by atoms with Crippen molar-refractivity contribution in [3.63, 3.8) is 0 Å². The van der Waals surface area contributed by atoms with Crippen LogP contribution in [-0.4, -0.2) is 5.97 Å². The minimum Gasteiger partial charge on any atom is -0.420 e. The van der Waals surface area contributed by atoms with Gasteiger partial charge in [-0.25, -0.2) is 9.18 Å². The van der Waals surface area contributed by atoms with Crippen LogP contribution in [0, 0.1) is 5.82 Å². The molecule has 122 valence electrons. The highest BCUT2D eigenvalue weighted by Crippen LogP contribution is 2.20. The zero-order chi connectivity index (χ0) is 16.7. The molecule has 0 amide bonds. The summed E-state index contributed by atoms with van der Waals surface area (Å²) in [5, 5.41) is 0. The third kappa shape index (κ3) is 4.92. The number of aryl methyl sites for hydroxylation is 2. The van der Waals surface area contributed by atoms with Crippen molar-refractivity contribution in [1.29, 1.82) is 0 Å². The number of esters is 1. The summed E-state index contributed by atoms with van der Waals surface area (Å²) in [6, 6.07) is 12.1. The second-order valence-electron chi connectivity index (χ2n) is 5.70. The zero-order valence-corrected chi connectivity index (χ0v) is 13.8. The van der Waals surface area contributed by atoms with Gasteiger partial charge in [0.1, 0.15) is 0 Å². The van der Waals surface area contributed by atoms with Crippen LogP contribution < -0.4 is 4.74 Å². The minimum absolute atomic E-state index is 0.0232. The van der Waals surface area contributed by atoms with Crippen LogP contribution in [0.15, 0.2) is 42.5 Å². The molecule has 2 aromatic rings. The lowest BCUT2D eigenvalue weighted by atomic mass is 10.1. The maximum Gasteiger partial charge on any atom is 0.343 e. The highest BCUT2D eigenvalue weighted by molar-refractivity contribution is 5.91. The third-order valence-electron chi connectivity index (χ3n) is 3.75. The molecule has 2 nitrogen and oxygen atoms in total. The van der Waals surface area contributed by atoms with Gasteiger partial charge in [-0.1, -0.05) is 44.9 Å². The predicted octanol–water partition coefficient (Wildman–Crippen LogP) is 5.34. The Bertz CT molecular complexity index is 647. The molecule has 2 aromatic carbocycles. The summed E-state index contributed by atoms with van der Waals surface area (Å²) in [6.45, 7) is 4.18. The zero-order valence-electron chi connectivity index (χ0n) is 13.8. The SMILES string of the molecule is CCCCc1ccc(C(=O)Oc2ccc(CCC)cc2F)cc1. The van der Waals surface area contributed by atoms with Gasteiger partial charge in [-0.05, 0) is 54.7 Å². The quantitative estimate of drug-likeness (QED) is 0.509. The van der Waals surface area contributed by atoms with Crippen molar-refractivity contribution in [3.05, 3.63) is 65.0 Å². The summed E-state index contributed by atoms with van der Waals surface area (Å²) in [6.07, 6.45) is 5.02. The Hall–Kier alpha value is -2.16. The van der Waals surface area contributed by atoms with Crippen LogP contribution in [0.4, 0.5) is 4.39 Å². The fourth-order valence-electron chi connectivity index (χ4n) is 2.42. The van der Waals surface area contributed by atoms with E-state index in [4.69, 9.17) is 4.74 Å². The highest BCUT2D eigenvalue weighted by atomic mass is 19.1. The number of benzene rings is 2. The summed E-state index contributed by atoms with van der Waals surface area (Å²) in [5.74, 6) is -1.05. The molecule has 23 heavy (non-hydrogen) atoms. The number of ether oxygens (including phenoxy) is 1. The van der Waals surface area contributed by atoms with Crippen LogP contribution in [-0.2, 0) is 12.8 Å². The van der Waals surface area contributed by atoms with Gasteiger partial charge in [0.05, 0.1) is 5.56 Å². The molecule has 0 aromatic heterocycles. The van der Waals surface area contributed by atoms with Gasteiger partial charge >= 0.3 is 5.97 Å². The Balaban J connectivity index is 2.03. The first kappa shape index (κ1) is 17.2. The Kier molecular flexibility index (Phi) is 6.33. The van der Waals surface area contributed by atoms with Crippen LogP contribution in [0.5, 0.6) is 5.75 Å². The van der Waals surface area contributed by atoms with E-state index in [9.17, 15) is 9.18 Å². The number of halogens is 1. The van der Waals surface area contributed by atoms with Crippen molar-refractivity contribution < 1.29 is 13.9 Å². The van der Waals surface area contributed by atoms with Gasteiger partial charge in [-0.15, -0.1) is 0 Å². The first-order valence-corrected chi connectivity index (χ1v) is 8.23. The molecule has 0 heterocycles. The number of unbranched alkanes of at least 4 members (excludes halogenated alkanes) is 1. The summed E-state index contributed by atoms with van der Waals surface area (Å²) >= 11 is 0. The molecule has 0 atom stereocenters. The molecular formula is C20H23FO2. The lowest BCUT2D eigenvalue weighted by Gasteiger charge is -2.08. The minimum atomic E-state index is -0.533. The summed E-state index contributed by atoms with van der Waals surface area (Å²) in [4.78, 5) is 12.1. The smallest absolute Gasteiger partial charge is 0.343 e. The molecule has 0 saturated heterocycles. The predicted molar refractivity (Wildman–Crippen MR) is 90.4 cm³/mol. The van der Waals surface area contributed by atoms with Crippen LogP contribution >= 0.6 is 0 Å². The number of carbonyl (C=O) groups is 1. The Morgan fingerprint density at radius 2 is 1.65 bits per heavy atom. The van der Waals surface area contributed by atoms with E-state index in [1.807, 2.05) is 19.1 Å². The van der Waals surface area contributed by atoms with E-state index in [0.29, 0.717) is 5.56 Å². The molecule has 3 heteroatoms. The molecule has 0 saturated carbocycles. The number of hydrogen-bond donors (Lipinski definition) is 0. The highest BCUT2D eigenvalue weighted by Gasteiger charge is 2.12. The van der Waals surface area contributed by atoms with Gasteiger partial charge in [-0.2, -0.15) is 0 Å². The molecule has 0 bridgehead atoms. The topological polar surface area (TPSA) is 26.3 Å². The number of hydrogen-bond acceptors (Lipinski definition) is 2. The van der Waals surface area contributed by atoms with E-state index in [2.05, 4.69) is 6.92 Å². The van der Waals surface area contributed by atoms with Crippen molar-refractivity contribution in [2.45, 2.75) is 46.0 Å². The number of rotatable bonds is 7. The summed E-state index contributed by atoms with van der Waals surface area (Å²) in [7, 11) is 0. The first-order valence-electron chi connectivity index (χ1n) is 8.23. The van der Waals surface area contributed by atoms with E-state index in [-0.39, 0.29) is 5.75 Å². The fourth-order valence-corrected chi connectivity index (χ4v) is 2.42. The van der Waals surface area contributed by atoms with Crippen molar-refractivity contribution in [2.24, 2.45) is 0 Å². The fraction of sp³-hybridized carbons (Fsp3) is 0.350. The summed E-state index contributed by atoms with van der Waals surface area (Å²) in [5.41, 5.74) is 2.53. The standard InChI is InChI=1S/C20H23FO2/c1-3-5-7-15-8-11-17(12-9-15)20(22)23-19-13-10-16(6-4-2)14-18(19)21/h8-14H,3-7H2,1-2H3. The molecule has 0 fully saturated rings. The van der Waals surface area contributed by atoms with Crippen LogP contribution in [0.3, 0.4) is 0 Å². The van der Waals surface area contributed by atoms with Gasteiger partial charge in [0.2, 0.25) is 0 Å². The van der Waals surface area contributed by atoms with Crippen LogP contribution in [0.2, 0.25) is 0 Å². The van der Waals surface area contributed by atoms with Crippen molar-refractivity contribution in [3.8, 4) is 5.75 Å². The maximum atomic E-state index is 14.0. The molecule has 0 aliphatic rings. The molecule has 0 aliphatic heterocycles.